The number of aromatic nitrogens is 4. The molecule has 9 heteroatoms. The highest BCUT2D eigenvalue weighted by Crippen LogP contribution is 2.36. The van der Waals surface area contributed by atoms with E-state index < -0.39 is 6.09 Å². The summed E-state index contributed by atoms with van der Waals surface area (Å²) in [6.07, 6.45) is 9.59. The SMILES string of the molecule is Cc1cnc(Nc2ccc(NC(=O)O)cc2)nc1-c1cnn(C(CC#N)C2CCCC2)c1. The highest BCUT2D eigenvalue weighted by atomic mass is 16.4. The van der Waals surface area contributed by atoms with Crippen LogP contribution in [0.15, 0.2) is 42.9 Å². The third-order valence-corrected chi connectivity index (χ3v) is 5.82. The van der Waals surface area contributed by atoms with Crippen LogP contribution in [0.3, 0.4) is 0 Å². The Morgan fingerprint density at radius 3 is 2.66 bits per heavy atom. The zero-order valence-electron chi connectivity index (χ0n) is 17.8. The molecule has 1 amide bonds. The van der Waals surface area contributed by atoms with E-state index >= 15 is 0 Å². The fourth-order valence-electron chi connectivity index (χ4n) is 4.24. The van der Waals surface area contributed by atoms with Crippen molar-refractivity contribution in [3.05, 3.63) is 48.4 Å². The van der Waals surface area contributed by atoms with Crippen molar-refractivity contribution in [1.29, 1.82) is 5.26 Å². The molecule has 2 aromatic heterocycles. The van der Waals surface area contributed by atoms with Gasteiger partial charge < -0.3 is 10.4 Å². The predicted molar refractivity (Wildman–Crippen MR) is 121 cm³/mol. The zero-order chi connectivity index (χ0) is 22.5. The minimum atomic E-state index is -1.11. The Bertz CT molecular complexity index is 1130. The van der Waals surface area contributed by atoms with Gasteiger partial charge in [0.1, 0.15) is 0 Å². The van der Waals surface area contributed by atoms with E-state index in [0.717, 1.165) is 35.3 Å². The largest absolute Gasteiger partial charge is 0.465 e. The van der Waals surface area contributed by atoms with Gasteiger partial charge in [0.05, 0.1) is 30.4 Å². The number of aryl methyl sites for hydroxylation is 1. The van der Waals surface area contributed by atoms with Crippen LogP contribution in [-0.2, 0) is 0 Å². The molecule has 0 spiro atoms. The number of nitrogens with zero attached hydrogens (tertiary/aromatic N) is 5. The number of amides is 1. The van der Waals surface area contributed by atoms with Crippen molar-refractivity contribution in [3.8, 4) is 17.3 Å². The molecule has 0 bridgehead atoms. The summed E-state index contributed by atoms with van der Waals surface area (Å²) in [5.41, 5.74) is 3.81. The number of benzene rings is 1. The number of carboxylic acid groups (broad SMARTS) is 1. The van der Waals surface area contributed by atoms with Crippen LogP contribution in [-0.4, -0.2) is 30.9 Å². The van der Waals surface area contributed by atoms with Crippen molar-refractivity contribution >= 4 is 23.4 Å². The molecule has 1 unspecified atom stereocenters. The molecule has 1 fully saturated rings. The Labute approximate surface area is 186 Å². The quantitative estimate of drug-likeness (QED) is 0.473. The van der Waals surface area contributed by atoms with Crippen molar-refractivity contribution in [3.63, 3.8) is 0 Å². The van der Waals surface area contributed by atoms with Crippen LogP contribution in [0, 0.1) is 24.2 Å². The first-order valence-electron chi connectivity index (χ1n) is 10.7. The van der Waals surface area contributed by atoms with Crippen molar-refractivity contribution in [2.24, 2.45) is 5.92 Å². The molecule has 164 valence electrons. The summed E-state index contributed by atoms with van der Waals surface area (Å²) >= 11 is 0. The molecule has 0 aliphatic heterocycles. The van der Waals surface area contributed by atoms with Crippen LogP contribution in [0.25, 0.3) is 11.3 Å². The summed E-state index contributed by atoms with van der Waals surface area (Å²) in [6, 6.07) is 9.23. The fourth-order valence-corrected chi connectivity index (χ4v) is 4.24. The molecule has 4 rings (SSSR count). The predicted octanol–water partition coefficient (Wildman–Crippen LogP) is 5.13. The fraction of sp³-hybridized carbons (Fsp3) is 0.348. The summed E-state index contributed by atoms with van der Waals surface area (Å²) < 4.78 is 1.93. The lowest BCUT2D eigenvalue weighted by Gasteiger charge is -2.21. The van der Waals surface area contributed by atoms with Crippen LogP contribution in [0.4, 0.5) is 22.1 Å². The first-order valence-corrected chi connectivity index (χ1v) is 10.7. The van der Waals surface area contributed by atoms with Gasteiger partial charge in [-0.15, -0.1) is 0 Å². The van der Waals surface area contributed by atoms with Crippen molar-refractivity contribution in [2.75, 3.05) is 10.6 Å². The van der Waals surface area contributed by atoms with Gasteiger partial charge in [0.2, 0.25) is 5.95 Å². The molecule has 9 nitrogen and oxygen atoms in total. The topological polar surface area (TPSA) is 129 Å². The number of hydrogen-bond donors (Lipinski definition) is 3. The number of nitriles is 1. The first kappa shape index (κ1) is 21.3. The average Bonchev–Trinajstić information content (AvgIpc) is 3.47. The van der Waals surface area contributed by atoms with E-state index in [0.29, 0.717) is 24.0 Å². The van der Waals surface area contributed by atoms with Gasteiger partial charge in [-0.2, -0.15) is 10.4 Å². The Kier molecular flexibility index (Phi) is 6.31. The Morgan fingerprint density at radius 1 is 1.25 bits per heavy atom. The number of carbonyl (C=O) groups is 1. The number of hydrogen-bond acceptors (Lipinski definition) is 6. The van der Waals surface area contributed by atoms with Crippen LogP contribution in [0.2, 0.25) is 0 Å². The Morgan fingerprint density at radius 2 is 1.97 bits per heavy atom. The molecule has 3 aromatic rings. The smallest absolute Gasteiger partial charge is 0.409 e. The molecular weight excluding hydrogens is 406 g/mol. The highest BCUT2D eigenvalue weighted by molar-refractivity contribution is 5.83. The molecule has 3 N–H and O–H groups in total. The molecule has 1 saturated carbocycles. The van der Waals surface area contributed by atoms with Crippen molar-refractivity contribution < 1.29 is 9.90 Å². The van der Waals surface area contributed by atoms with Gasteiger partial charge in [0, 0.05) is 29.3 Å². The second kappa shape index (κ2) is 9.47. The highest BCUT2D eigenvalue weighted by Gasteiger charge is 2.27. The lowest BCUT2D eigenvalue weighted by Crippen LogP contribution is -2.17. The average molecular weight is 432 g/mol. The zero-order valence-corrected chi connectivity index (χ0v) is 17.8. The standard InChI is InChI=1S/C23H25N7O2/c1-15-12-25-22(27-18-6-8-19(9-7-18)28-23(31)32)29-21(15)17-13-26-30(14-17)20(10-11-24)16-4-2-3-5-16/h6-9,12-14,16,20,28H,2-5,10H2,1H3,(H,31,32)(H,25,27,29). The van der Waals surface area contributed by atoms with Gasteiger partial charge in [0.25, 0.3) is 0 Å². The third kappa shape index (κ3) is 4.86. The maximum Gasteiger partial charge on any atom is 0.409 e. The maximum absolute atomic E-state index is 10.7. The van der Waals surface area contributed by atoms with Crippen LogP contribution in [0.1, 0.15) is 43.7 Å². The molecular formula is C23H25N7O2. The van der Waals surface area contributed by atoms with Crippen LogP contribution >= 0.6 is 0 Å². The second-order valence-electron chi connectivity index (χ2n) is 8.04. The number of rotatable bonds is 7. The number of anilines is 3. The lowest BCUT2D eigenvalue weighted by atomic mass is 9.96. The number of nitrogens with one attached hydrogen (secondary N) is 2. The normalized spacial score (nSPS) is 14.6. The van der Waals surface area contributed by atoms with Gasteiger partial charge >= 0.3 is 6.09 Å². The van der Waals surface area contributed by atoms with E-state index in [1.807, 2.05) is 17.8 Å². The van der Waals surface area contributed by atoms with E-state index in [1.165, 1.54) is 12.8 Å². The summed E-state index contributed by atoms with van der Waals surface area (Å²) in [5, 5.41) is 28.1. The minimum Gasteiger partial charge on any atom is -0.465 e. The molecule has 2 heterocycles. The van der Waals surface area contributed by atoms with Crippen LogP contribution < -0.4 is 10.6 Å². The molecule has 1 aliphatic rings. The second-order valence-corrected chi connectivity index (χ2v) is 8.04. The maximum atomic E-state index is 10.7. The Hall–Kier alpha value is -3.93. The molecule has 1 aromatic carbocycles. The van der Waals surface area contributed by atoms with Crippen LogP contribution in [0.5, 0.6) is 0 Å². The summed E-state index contributed by atoms with van der Waals surface area (Å²) in [7, 11) is 0. The molecule has 0 saturated heterocycles. The molecule has 1 atom stereocenters. The van der Waals surface area contributed by atoms with Gasteiger partial charge in [0.15, 0.2) is 0 Å². The van der Waals surface area contributed by atoms with E-state index in [1.54, 1.807) is 36.7 Å². The molecule has 1 aliphatic carbocycles. The van der Waals surface area contributed by atoms with Gasteiger partial charge in [-0.25, -0.2) is 14.8 Å². The molecule has 32 heavy (non-hydrogen) atoms. The third-order valence-electron chi connectivity index (χ3n) is 5.82. The van der Waals surface area contributed by atoms with E-state index in [4.69, 9.17) is 5.11 Å². The van der Waals surface area contributed by atoms with Gasteiger partial charge in [-0.05, 0) is 55.5 Å². The monoisotopic (exact) mass is 431 g/mol. The van der Waals surface area contributed by atoms with Gasteiger partial charge in [-0.3, -0.25) is 10.00 Å². The van der Waals surface area contributed by atoms with E-state index in [2.05, 4.69) is 31.8 Å². The summed E-state index contributed by atoms with van der Waals surface area (Å²) in [5.74, 6) is 0.923. The molecule has 0 radical (unpaired) electrons. The summed E-state index contributed by atoms with van der Waals surface area (Å²) in [6.45, 7) is 1.95. The minimum absolute atomic E-state index is 0.0916. The first-order chi connectivity index (χ1) is 15.5. The Balaban J connectivity index is 1.54. The van der Waals surface area contributed by atoms with Gasteiger partial charge in [-0.1, -0.05) is 12.8 Å². The lowest BCUT2D eigenvalue weighted by molar-refractivity contribution is 0.209. The van der Waals surface area contributed by atoms with Crippen molar-refractivity contribution in [2.45, 2.75) is 45.1 Å². The van der Waals surface area contributed by atoms with Crippen molar-refractivity contribution in [1.82, 2.24) is 19.7 Å². The van der Waals surface area contributed by atoms with E-state index in [9.17, 15) is 10.1 Å². The van der Waals surface area contributed by atoms with E-state index in [-0.39, 0.29) is 6.04 Å². The summed E-state index contributed by atoms with van der Waals surface area (Å²) in [4.78, 5) is 19.8.